The summed E-state index contributed by atoms with van der Waals surface area (Å²) in [6, 6.07) is 6.31. The molecule has 2 N–H and O–H groups in total. The van der Waals surface area contributed by atoms with Gasteiger partial charge in [-0.1, -0.05) is 19.1 Å². The molecule has 0 bridgehead atoms. The minimum absolute atomic E-state index is 0.0617. The molecule has 0 saturated carbocycles. The lowest BCUT2D eigenvalue weighted by atomic mass is 10.2. The molecule has 1 aromatic rings. The second-order valence-electron chi connectivity index (χ2n) is 6.22. The molecule has 2 rings (SSSR count). The normalized spacial score (nSPS) is 16.4. The molecule has 1 aliphatic heterocycles. The van der Waals surface area contributed by atoms with Gasteiger partial charge in [0.2, 0.25) is 10.0 Å². The van der Waals surface area contributed by atoms with Crippen LogP contribution in [0.25, 0.3) is 0 Å². The first kappa shape index (κ1) is 19.4. The largest absolute Gasteiger partial charge is 0.345 e. The van der Waals surface area contributed by atoms with E-state index in [9.17, 15) is 18.0 Å². The Hall–Kier alpha value is -1.93. The minimum Gasteiger partial charge on any atom is -0.345 e. The highest BCUT2D eigenvalue weighted by Gasteiger charge is 2.26. The van der Waals surface area contributed by atoms with Crippen LogP contribution < -0.4 is 10.6 Å². The van der Waals surface area contributed by atoms with Crippen molar-refractivity contribution >= 4 is 21.8 Å². The van der Waals surface area contributed by atoms with Crippen LogP contribution in [0.15, 0.2) is 29.2 Å². The Kier molecular flexibility index (Phi) is 6.55. The van der Waals surface area contributed by atoms with Crippen LogP contribution in [0.2, 0.25) is 0 Å². The second-order valence-corrected chi connectivity index (χ2v) is 8.16. The van der Waals surface area contributed by atoms with Crippen molar-refractivity contribution in [1.29, 1.82) is 0 Å². The summed E-state index contributed by atoms with van der Waals surface area (Å²) in [7, 11) is -3.43. The van der Waals surface area contributed by atoms with Crippen LogP contribution in [0.1, 0.15) is 38.7 Å². The van der Waals surface area contributed by atoms with Crippen molar-refractivity contribution < 1.29 is 18.0 Å². The zero-order valence-electron chi connectivity index (χ0n) is 14.6. The highest BCUT2D eigenvalue weighted by atomic mass is 32.2. The molecule has 0 radical (unpaired) electrons. The maximum Gasteiger partial charge on any atom is 0.309 e. The molecule has 8 heteroatoms. The minimum atomic E-state index is -3.43. The van der Waals surface area contributed by atoms with Crippen molar-refractivity contribution in [2.45, 2.75) is 50.6 Å². The van der Waals surface area contributed by atoms with Gasteiger partial charge in [0, 0.05) is 25.7 Å². The number of amides is 2. The molecule has 2 amide bonds. The van der Waals surface area contributed by atoms with Gasteiger partial charge < -0.3 is 10.6 Å². The van der Waals surface area contributed by atoms with Gasteiger partial charge in [-0.2, -0.15) is 4.31 Å². The fraction of sp³-hybridized carbons (Fsp3) is 0.529. The van der Waals surface area contributed by atoms with E-state index in [1.807, 2.05) is 13.8 Å². The molecule has 0 spiro atoms. The van der Waals surface area contributed by atoms with E-state index in [-0.39, 0.29) is 17.5 Å². The zero-order valence-corrected chi connectivity index (χ0v) is 15.4. The standard InChI is InChI=1S/C17H25N3O4S/c1-3-13(2)19-17(22)16(21)18-12-14-6-8-15(9-7-14)25(23,24)20-10-4-5-11-20/h6-9,13H,3-5,10-12H2,1-2H3,(H,18,21)(H,19,22)/t13-/m1/s1. The van der Waals surface area contributed by atoms with Crippen molar-refractivity contribution in [3.8, 4) is 0 Å². The third kappa shape index (κ3) is 5.02. The van der Waals surface area contributed by atoms with Crippen LogP contribution in [-0.2, 0) is 26.2 Å². The summed E-state index contributed by atoms with van der Waals surface area (Å²) >= 11 is 0. The molecule has 25 heavy (non-hydrogen) atoms. The Morgan fingerprint density at radius 2 is 1.72 bits per heavy atom. The third-order valence-electron chi connectivity index (χ3n) is 4.28. The average molecular weight is 367 g/mol. The number of nitrogens with one attached hydrogen (secondary N) is 2. The van der Waals surface area contributed by atoms with Gasteiger partial charge in [-0.3, -0.25) is 9.59 Å². The number of carbonyl (C=O) groups is 2. The lowest BCUT2D eigenvalue weighted by molar-refractivity contribution is -0.139. The Bertz CT molecular complexity index is 710. The summed E-state index contributed by atoms with van der Waals surface area (Å²) in [6.07, 6.45) is 2.52. The van der Waals surface area contributed by atoms with Gasteiger partial charge in [0.15, 0.2) is 0 Å². The predicted octanol–water partition coefficient (Wildman–Crippen LogP) is 1.00. The zero-order chi connectivity index (χ0) is 18.4. The van der Waals surface area contributed by atoms with E-state index in [0.717, 1.165) is 24.8 Å². The van der Waals surface area contributed by atoms with E-state index in [2.05, 4.69) is 10.6 Å². The number of rotatable bonds is 6. The van der Waals surface area contributed by atoms with Crippen molar-refractivity contribution in [1.82, 2.24) is 14.9 Å². The molecule has 1 fully saturated rings. The van der Waals surface area contributed by atoms with E-state index in [0.29, 0.717) is 13.1 Å². The lowest BCUT2D eigenvalue weighted by Gasteiger charge is -2.15. The van der Waals surface area contributed by atoms with Crippen molar-refractivity contribution in [2.24, 2.45) is 0 Å². The van der Waals surface area contributed by atoms with Crippen molar-refractivity contribution in [2.75, 3.05) is 13.1 Å². The molecule has 7 nitrogen and oxygen atoms in total. The van der Waals surface area contributed by atoms with E-state index >= 15 is 0 Å². The van der Waals surface area contributed by atoms with Gasteiger partial charge in [0.05, 0.1) is 4.90 Å². The van der Waals surface area contributed by atoms with Gasteiger partial charge in [-0.15, -0.1) is 0 Å². The molecule has 138 valence electrons. The summed E-state index contributed by atoms with van der Waals surface area (Å²) in [5.74, 6) is -1.36. The number of hydrogen-bond donors (Lipinski definition) is 2. The van der Waals surface area contributed by atoms with Gasteiger partial charge in [-0.25, -0.2) is 8.42 Å². The number of nitrogens with zero attached hydrogens (tertiary/aromatic N) is 1. The lowest BCUT2D eigenvalue weighted by Crippen LogP contribution is -2.43. The Labute approximate surface area is 148 Å². The smallest absolute Gasteiger partial charge is 0.309 e. The number of carbonyl (C=O) groups excluding carboxylic acids is 2. The van der Waals surface area contributed by atoms with Crippen LogP contribution in [0, 0.1) is 0 Å². The van der Waals surface area contributed by atoms with Gasteiger partial charge in [0.25, 0.3) is 0 Å². The van der Waals surface area contributed by atoms with E-state index in [1.165, 1.54) is 16.4 Å². The van der Waals surface area contributed by atoms with Crippen LogP contribution in [-0.4, -0.2) is 43.7 Å². The number of benzene rings is 1. The molecular weight excluding hydrogens is 342 g/mol. The fourth-order valence-electron chi connectivity index (χ4n) is 2.51. The Balaban J connectivity index is 1.92. The van der Waals surface area contributed by atoms with E-state index < -0.39 is 21.8 Å². The van der Waals surface area contributed by atoms with Gasteiger partial charge in [-0.05, 0) is 43.9 Å². The molecule has 0 unspecified atom stereocenters. The molecule has 0 aromatic heterocycles. The molecule has 0 aliphatic carbocycles. The monoisotopic (exact) mass is 367 g/mol. The quantitative estimate of drug-likeness (QED) is 0.733. The SMILES string of the molecule is CC[C@@H](C)NC(=O)C(=O)NCc1ccc(S(=O)(=O)N2CCCC2)cc1. The van der Waals surface area contributed by atoms with Gasteiger partial charge >= 0.3 is 11.8 Å². The first-order chi connectivity index (χ1) is 11.8. The molecule has 1 saturated heterocycles. The molecule has 1 aromatic carbocycles. The van der Waals surface area contributed by atoms with E-state index in [1.54, 1.807) is 12.1 Å². The van der Waals surface area contributed by atoms with E-state index in [4.69, 9.17) is 0 Å². The third-order valence-corrected chi connectivity index (χ3v) is 6.19. The summed E-state index contributed by atoms with van der Waals surface area (Å²) in [4.78, 5) is 23.6. The first-order valence-corrected chi connectivity index (χ1v) is 9.96. The Morgan fingerprint density at radius 3 is 2.28 bits per heavy atom. The summed E-state index contributed by atoms with van der Waals surface area (Å²) in [5, 5.41) is 5.12. The van der Waals surface area contributed by atoms with Crippen molar-refractivity contribution in [3.63, 3.8) is 0 Å². The molecule has 1 aliphatic rings. The summed E-state index contributed by atoms with van der Waals surface area (Å²) in [5.41, 5.74) is 0.727. The van der Waals surface area contributed by atoms with Gasteiger partial charge in [0.1, 0.15) is 0 Å². The molecule has 1 heterocycles. The highest BCUT2D eigenvalue weighted by Crippen LogP contribution is 2.21. The Morgan fingerprint density at radius 1 is 1.12 bits per heavy atom. The maximum atomic E-state index is 12.4. The average Bonchev–Trinajstić information content (AvgIpc) is 3.15. The van der Waals surface area contributed by atoms with Crippen LogP contribution in [0.4, 0.5) is 0 Å². The van der Waals surface area contributed by atoms with Crippen LogP contribution in [0.3, 0.4) is 0 Å². The second kappa shape index (κ2) is 8.44. The van der Waals surface area contributed by atoms with Crippen LogP contribution in [0.5, 0.6) is 0 Å². The number of sulfonamides is 1. The summed E-state index contributed by atoms with van der Waals surface area (Å²) < 4.78 is 26.4. The summed E-state index contributed by atoms with van der Waals surface area (Å²) in [6.45, 7) is 5.03. The predicted molar refractivity (Wildman–Crippen MR) is 94.2 cm³/mol. The highest BCUT2D eigenvalue weighted by molar-refractivity contribution is 7.89. The number of hydrogen-bond acceptors (Lipinski definition) is 4. The molecular formula is C17H25N3O4S. The van der Waals surface area contributed by atoms with Crippen LogP contribution >= 0.6 is 0 Å². The molecule has 1 atom stereocenters. The topological polar surface area (TPSA) is 95.6 Å². The first-order valence-electron chi connectivity index (χ1n) is 8.52. The van der Waals surface area contributed by atoms with Crippen molar-refractivity contribution in [3.05, 3.63) is 29.8 Å². The maximum absolute atomic E-state index is 12.4. The fourth-order valence-corrected chi connectivity index (χ4v) is 4.03.